The molecular weight excluding hydrogens is 422 g/mol. The second kappa shape index (κ2) is 8.40. The van der Waals surface area contributed by atoms with E-state index in [4.69, 9.17) is 4.74 Å². The average molecular weight is 437 g/mol. The Morgan fingerprint density at radius 1 is 1.16 bits per heavy atom. The predicted octanol–water partition coefficient (Wildman–Crippen LogP) is 3.16. The van der Waals surface area contributed by atoms with E-state index in [1.807, 2.05) is 6.92 Å². The Bertz CT molecular complexity index is 1320. The number of hydrogen-bond donors (Lipinski definition) is 1. The molecule has 1 N–H and O–H groups in total. The number of fused-ring (bicyclic) bond motifs is 2. The summed E-state index contributed by atoms with van der Waals surface area (Å²) in [5.41, 5.74) is 1.29. The maximum atomic E-state index is 12.6. The van der Waals surface area contributed by atoms with Crippen molar-refractivity contribution in [3.05, 3.63) is 64.5 Å². The number of nitrogens with zero attached hydrogens (tertiary/aromatic N) is 4. The number of para-hydroxylation sites is 2. The van der Waals surface area contributed by atoms with Crippen LogP contribution in [-0.2, 0) is 9.59 Å². The number of aromatic nitrogens is 3. The Morgan fingerprint density at radius 2 is 1.94 bits per heavy atom. The number of rotatable bonds is 7. The zero-order valence-electron chi connectivity index (χ0n) is 16.1. The predicted molar refractivity (Wildman–Crippen MR) is 114 cm³/mol. The average Bonchev–Trinajstić information content (AvgIpc) is 3.15. The van der Waals surface area contributed by atoms with E-state index in [-0.39, 0.29) is 10.8 Å². The van der Waals surface area contributed by atoms with Crippen molar-refractivity contribution < 1.29 is 19.2 Å². The quantitative estimate of drug-likeness (QED) is 0.264. The molecule has 0 saturated heterocycles. The molecule has 2 heterocycles. The normalized spacial score (nSPS) is 11.9. The molecule has 2 aromatic carbocycles. The molecule has 2 aromatic heterocycles. The second-order valence-electron chi connectivity index (χ2n) is 6.37. The lowest BCUT2D eigenvalue weighted by Crippen LogP contribution is -2.33. The molecule has 0 unspecified atom stereocenters. The highest BCUT2D eigenvalue weighted by molar-refractivity contribution is 7.22. The Labute approximate surface area is 179 Å². The molecule has 0 radical (unpaired) electrons. The Hall–Kier alpha value is -3.99. The van der Waals surface area contributed by atoms with Gasteiger partial charge < -0.3 is 4.74 Å². The van der Waals surface area contributed by atoms with E-state index in [0.29, 0.717) is 28.9 Å². The molecule has 1 atom stereocenters. The van der Waals surface area contributed by atoms with Crippen molar-refractivity contribution in [1.82, 2.24) is 15.0 Å². The van der Waals surface area contributed by atoms with E-state index < -0.39 is 22.7 Å². The first kappa shape index (κ1) is 20.3. The summed E-state index contributed by atoms with van der Waals surface area (Å²) in [5.74, 6) is -1.76. The van der Waals surface area contributed by atoms with Crippen LogP contribution in [0.5, 0.6) is 5.75 Å². The van der Waals surface area contributed by atoms with Crippen LogP contribution in [0.1, 0.15) is 18.7 Å². The molecule has 4 rings (SSSR count). The largest absolute Gasteiger partial charge is 0.494 e. The van der Waals surface area contributed by atoms with Gasteiger partial charge in [0.2, 0.25) is 0 Å². The van der Waals surface area contributed by atoms with E-state index in [0.717, 1.165) is 22.2 Å². The third-order valence-electron chi connectivity index (χ3n) is 4.32. The lowest BCUT2D eigenvalue weighted by molar-refractivity contribution is -0.513. The van der Waals surface area contributed by atoms with Crippen molar-refractivity contribution >= 4 is 49.4 Å². The van der Waals surface area contributed by atoms with Gasteiger partial charge >= 0.3 is 11.9 Å². The van der Waals surface area contributed by atoms with E-state index in [1.54, 1.807) is 42.5 Å². The molecule has 10 nitrogen and oxygen atoms in total. The van der Waals surface area contributed by atoms with Crippen LogP contribution in [0.25, 0.3) is 21.3 Å². The van der Waals surface area contributed by atoms with Crippen molar-refractivity contribution in [3.8, 4) is 5.75 Å². The number of ether oxygens (including phenoxy) is 1. The number of hydrogen-bond acceptors (Lipinski definition) is 9. The SMILES string of the molecule is CCOc1ccc2nc(NC(=O)C(=O)[C@H](c3cnc4ccccc4n3)[N+](=O)[O-])sc2c1. The minimum Gasteiger partial charge on any atom is -0.494 e. The summed E-state index contributed by atoms with van der Waals surface area (Å²) >= 11 is 1.13. The molecule has 156 valence electrons. The summed E-state index contributed by atoms with van der Waals surface area (Å²) in [7, 11) is 0. The zero-order chi connectivity index (χ0) is 22.0. The summed E-state index contributed by atoms with van der Waals surface area (Å²) in [4.78, 5) is 48.3. The van der Waals surface area contributed by atoms with Crippen LogP contribution in [0.3, 0.4) is 0 Å². The number of carbonyl (C=O) groups is 2. The van der Waals surface area contributed by atoms with Gasteiger partial charge in [-0.3, -0.25) is 30.0 Å². The highest BCUT2D eigenvalue weighted by Gasteiger charge is 2.39. The van der Waals surface area contributed by atoms with Gasteiger partial charge in [0, 0.05) is 4.92 Å². The standard InChI is InChI=1S/C20H15N5O5S/c1-2-30-11-7-8-14-16(9-11)31-20(23-14)24-19(27)18(26)17(25(28)29)15-10-21-12-5-3-4-6-13(12)22-15/h3-10,17H,2H2,1H3,(H,23,24,27)/t17-/m0/s1. The smallest absolute Gasteiger partial charge is 0.322 e. The van der Waals surface area contributed by atoms with Gasteiger partial charge in [0.05, 0.1) is 34.1 Å². The van der Waals surface area contributed by atoms with Gasteiger partial charge in [0.1, 0.15) is 11.4 Å². The lowest BCUT2D eigenvalue weighted by Gasteiger charge is -2.08. The molecule has 0 bridgehead atoms. The van der Waals surface area contributed by atoms with Gasteiger partial charge in [-0.15, -0.1) is 0 Å². The van der Waals surface area contributed by atoms with Gasteiger partial charge in [-0.25, -0.2) is 9.97 Å². The maximum Gasteiger partial charge on any atom is 0.322 e. The minimum atomic E-state index is -1.98. The number of benzene rings is 2. The summed E-state index contributed by atoms with van der Waals surface area (Å²) < 4.78 is 6.17. The van der Waals surface area contributed by atoms with Crippen molar-refractivity contribution in [2.24, 2.45) is 0 Å². The van der Waals surface area contributed by atoms with Crippen LogP contribution < -0.4 is 10.1 Å². The zero-order valence-corrected chi connectivity index (χ0v) is 17.0. The summed E-state index contributed by atoms with van der Waals surface area (Å²) in [6.07, 6.45) is 1.13. The first-order chi connectivity index (χ1) is 15.0. The van der Waals surface area contributed by atoms with Crippen molar-refractivity contribution in [1.29, 1.82) is 0 Å². The number of thiazole rings is 1. The highest BCUT2D eigenvalue weighted by Crippen LogP contribution is 2.29. The van der Waals surface area contributed by atoms with Crippen LogP contribution in [0, 0.1) is 10.1 Å². The first-order valence-corrected chi connectivity index (χ1v) is 10.0. The Kier molecular flexibility index (Phi) is 5.50. The van der Waals surface area contributed by atoms with Gasteiger partial charge in [0.15, 0.2) is 5.13 Å². The van der Waals surface area contributed by atoms with E-state index in [2.05, 4.69) is 20.3 Å². The Balaban J connectivity index is 1.58. The fourth-order valence-electron chi connectivity index (χ4n) is 2.94. The number of anilines is 1. The fraction of sp³-hybridized carbons (Fsp3) is 0.150. The topological polar surface area (TPSA) is 137 Å². The number of carbonyl (C=O) groups excluding carboxylic acids is 2. The van der Waals surface area contributed by atoms with Gasteiger partial charge in [-0.2, -0.15) is 0 Å². The van der Waals surface area contributed by atoms with Crippen molar-refractivity contribution in [2.45, 2.75) is 13.0 Å². The molecule has 31 heavy (non-hydrogen) atoms. The molecule has 0 saturated carbocycles. The number of nitro groups is 1. The molecule has 0 aliphatic carbocycles. The second-order valence-corrected chi connectivity index (χ2v) is 7.40. The highest BCUT2D eigenvalue weighted by atomic mass is 32.1. The molecule has 0 spiro atoms. The van der Waals surface area contributed by atoms with Crippen LogP contribution >= 0.6 is 11.3 Å². The van der Waals surface area contributed by atoms with Crippen LogP contribution in [0.4, 0.5) is 5.13 Å². The van der Waals surface area contributed by atoms with Gasteiger partial charge in [-0.1, -0.05) is 23.5 Å². The number of Topliss-reactive ketones (excluding diaryl/α,β-unsaturated/α-hetero) is 1. The van der Waals surface area contributed by atoms with E-state index >= 15 is 0 Å². The molecule has 1 amide bonds. The minimum absolute atomic E-state index is 0.147. The lowest BCUT2D eigenvalue weighted by atomic mass is 10.1. The van der Waals surface area contributed by atoms with Gasteiger partial charge in [-0.05, 0) is 37.3 Å². The molecule has 0 fully saturated rings. The number of amides is 1. The number of ketones is 1. The van der Waals surface area contributed by atoms with Crippen LogP contribution in [0.15, 0.2) is 48.7 Å². The molecular formula is C20H15N5O5S. The fourth-order valence-corrected chi connectivity index (χ4v) is 3.83. The molecule has 0 aliphatic heterocycles. The molecule has 0 aliphatic rings. The van der Waals surface area contributed by atoms with E-state index in [1.165, 1.54) is 0 Å². The molecule has 11 heteroatoms. The summed E-state index contributed by atoms with van der Waals surface area (Å²) in [6, 6.07) is 9.99. The van der Waals surface area contributed by atoms with Crippen molar-refractivity contribution in [3.63, 3.8) is 0 Å². The first-order valence-electron chi connectivity index (χ1n) is 9.20. The summed E-state index contributed by atoms with van der Waals surface area (Å²) in [5, 5.41) is 14.1. The monoisotopic (exact) mass is 437 g/mol. The van der Waals surface area contributed by atoms with Crippen LogP contribution in [0.2, 0.25) is 0 Å². The van der Waals surface area contributed by atoms with E-state index in [9.17, 15) is 19.7 Å². The van der Waals surface area contributed by atoms with Crippen LogP contribution in [-0.4, -0.2) is 38.2 Å². The number of nitrogens with one attached hydrogen (secondary N) is 1. The van der Waals surface area contributed by atoms with Crippen molar-refractivity contribution in [2.75, 3.05) is 11.9 Å². The third kappa shape index (κ3) is 4.16. The Morgan fingerprint density at radius 3 is 2.68 bits per heavy atom. The maximum absolute atomic E-state index is 12.6. The van der Waals surface area contributed by atoms with Gasteiger partial charge in [0.25, 0.3) is 5.78 Å². The summed E-state index contributed by atoms with van der Waals surface area (Å²) in [6.45, 7) is 2.36. The third-order valence-corrected chi connectivity index (χ3v) is 5.26. The molecule has 4 aromatic rings.